The Morgan fingerprint density at radius 1 is 1.40 bits per heavy atom. The molecule has 5 heteroatoms. The summed E-state index contributed by atoms with van der Waals surface area (Å²) in [6.45, 7) is 0. The molecule has 0 saturated heterocycles. The Morgan fingerprint density at radius 2 is 2.00 bits per heavy atom. The standard InChI is InChI=1S/C10H19N3O2/c1-12-9(14)6-8(10(11)15)13-7-4-2-3-5-7/h7-8,13H,2-6H2,1H3,(H2,11,15)(H,12,14). The molecule has 0 aromatic rings. The summed E-state index contributed by atoms with van der Waals surface area (Å²) in [6, 6.07) is -0.194. The molecule has 5 nitrogen and oxygen atoms in total. The molecule has 0 bridgehead atoms. The Hall–Kier alpha value is -1.10. The molecule has 2 amide bonds. The lowest BCUT2D eigenvalue weighted by Crippen LogP contribution is -2.47. The molecule has 1 aliphatic rings. The molecule has 1 atom stereocenters. The molecular weight excluding hydrogens is 194 g/mol. The fraction of sp³-hybridized carbons (Fsp3) is 0.800. The summed E-state index contributed by atoms with van der Waals surface area (Å²) >= 11 is 0. The first-order valence-electron chi connectivity index (χ1n) is 5.39. The topological polar surface area (TPSA) is 84.2 Å². The van der Waals surface area contributed by atoms with Gasteiger partial charge in [-0.3, -0.25) is 9.59 Å². The second-order valence-corrected chi connectivity index (χ2v) is 3.98. The zero-order valence-electron chi connectivity index (χ0n) is 9.08. The zero-order valence-corrected chi connectivity index (χ0v) is 9.08. The number of nitrogens with one attached hydrogen (secondary N) is 2. The molecule has 1 saturated carbocycles. The van der Waals surface area contributed by atoms with Crippen LogP contribution in [0.1, 0.15) is 32.1 Å². The molecule has 1 rings (SSSR count). The van der Waals surface area contributed by atoms with E-state index in [9.17, 15) is 9.59 Å². The molecule has 0 radical (unpaired) electrons. The SMILES string of the molecule is CNC(=O)CC(NC1CCCC1)C(N)=O. The summed E-state index contributed by atoms with van der Waals surface area (Å²) in [5.41, 5.74) is 5.24. The molecule has 1 unspecified atom stereocenters. The fourth-order valence-corrected chi connectivity index (χ4v) is 1.91. The minimum absolute atomic E-state index is 0.127. The van der Waals surface area contributed by atoms with Gasteiger partial charge in [-0.2, -0.15) is 0 Å². The van der Waals surface area contributed by atoms with Gasteiger partial charge in [-0.25, -0.2) is 0 Å². The summed E-state index contributed by atoms with van der Waals surface area (Å²) in [5, 5.41) is 5.63. The van der Waals surface area contributed by atoms with Crippen molar-refractivity contribution in [1.29, 1.82) is 0 Å². The van der Waals surface area contributed by atoms with Crippen LogP contribution < -0.4 is 16.4 Å². The molecule has 4 N–H and O–H groups in total. The predicted octanol–water partition coefficient (Wildman–Crippen LogP) is -0.491. The van der Waals surface area contributed by atoms with E-state index in [1.807, 2.05) is 0 Å². The molecule has 0 aromatic heterocycles. The Kier molecular flexibility index (Phi) is 4.55. The smallest absolute Gasteiger partial charge is 0.235 e. The van der Waals surface area contributed by atoms with Gasteiger partial charge >= 0.3 is 0 Å². The second-order valence-electron chi connectivity index (χ2n) is 3.98. The quantitative estimate of drug-likeness (QED) is 0.576. The number of hydrogen-bond donors (Lipinski definition) is 3. The van der Waals surface area contributed by atoms with Crippen LogP contribution in [0, 0.1) is 0 Å². The molecule has 86 valence electrons. The van der Waals surface area contributed by atoms with Crippen LogP contribution in [0.3, 0.4) is 0 Å². The minimum Gasteiger partial charge on any atom is -0.368 e. The summed E-state index contributed by atoms with van der Waals surface area (Å²) in [5.74, 6) is -0.616. The highest BCUT2D eigenvalue weighted by molar-refractivity contribution is 5.87. The third-order valence-corrected chi connectivity index (χ3v) is 2.80. The zero-order chi connectivity index (χ0) is 11.3. The largest absolute Gasteiger partial charge is 0.368 e. The highest BCUT2D eigenvalue weighted by atomic mass is 16.2. The van der Waals surface area contributed by atoms with Crippen molar-refractivity contribution >= 4 is 11.8 Å². The van der Waals surface area contributed by atoms with Gasteiger partial charge in [0.2, 0.25) is 11.8 Å². The number of rotatable bonds is 5. The van der Waals surface area contributed by atoms with Gasteiger partial charge in [0.1, 0.15) is 0 Å². The summed E-state index contributed by atoms with van der Waals surface area (Å²) in [7, 11) is 1.55. The number of hydrogen-bond acceptors (Lipinski definition) is 3. The highest BCUT2D eigenvalue weighted by Gasteiger charge is 2.24. The van der Waals surface area contributed by atoms with Crippen molar-refractivity contribution in [2.24, 2.45) is 5.73 Å². The van der Waals surface area contributed by atoms with Crippen LogP contribution in [0.25, 0.3) is 0 Å². The third-order valence-electron chi connectivity index (χ3n) is 2.80. The van der Waals surface area contributed by atoms with Crippen molar-refractivity contribution < 1.29 is 9.59 Å². The van der Waals surface area contributed by atoms with E-state index >= 15 is 0 Å². The molecule has 1 fully saturated rings. The first-order valence-corrected chi connectivity index (χ1v) is 5.39. The average molecular weight is 213 g/mol. The summed E-state index contributed by atoms with van der Waals surface area (Å²) in [4.78, 5) is 22.3. The lowest BCUT2D eigenvalue weighted by molar-refractivity contribution is -0.126. The van der Waals surface area contributed by atoms with E-state index in [1.165, 1.54) is 12.8 Å². The summed E-state index contributed by atoms with van der Waals surface area (Å²) < 4.78 is 0. The summed E-state index contributed by atoms with van der Waals surface area (Å²) in [6.07, 6.45) is 4.63. The van der Waals surface area contributed by atoms with E-state index < -0.39 is 11.9 Å². The highest BCUT2D eigenvalue weighted by Crippen LogP contribution is 2.18. The van der Waals surface area contributed by atoms with Crippen LogP contribution >= 0.6 is 0 Å². The van der Waals surface area contributed by atoms with E-state index in [4.69, 9.17) is 5.73 Å². The van der Waals surface area contributed by atoms with Crippen molar-refractivity contribution in [2.75, 3.05) is 7.05 Å². The van der Waals surface area contributed by atoms with Crippen LogP contribution in [0.5, 0.6) is 0 Å². The Balaban J connectivity index is 2.42. The van der Waals surface area contributed by atoms with Crippen LogP contribution in [-0.4, -0.2) is 30.9 Å². The van der Waals surface area contributed by atoms with Crippen LogP contribution in [0.4, 0.5) is 0 Å². The second kappa shape index (κ2) is 5.70. The molecule has 1 aliphatic carbocycles. The van der Waals surface area contributed by atoms with E-state index in [-0.39, 0.29) is 12.3 Å². The number of primary amides is 1. The molecule has 0 aromatic carbocycles. The first kappa shape index (κ1) is 12.0. The van der Waals surface area contributed by atoms with E-state index in [0.717, 1.165) is 12.8 Å². The average Bonchev–Trinajstić information content (AvgIpc) is 2.69. The number of carbonyl (C=O) groups is 2. The van der Waals surface area contributed by atoms with Gasteiger partial charge in [0.25, 0.3) is 0 Å². The fourth-order valence-electron chi connectivity index (χ4n) is 1.91. The van der Waals surface area contributed by atoms with Crippen molar-refractivity contribution in [2.45, 2.75) is 44.2 Å². The van der Waals surface area contributed by atoms with Crippen LogP contribution in [-0.2, 0) is 9.59 Å². The van der Waals surface area contributed by atoms with Crippen molar-refractivity contribution in [1.82, 2.24) is 10.6 Å². The van der Waals surface area contributed by atoms with Gasteiger partial charge in [0.15, 0.2) is 0 Å². The Morgan fingerprint density at radius 3 is 2.47 bits per heavy atom. The number of nitrogens with two attached hydrogens (primary N) is 1. The first-order chi connectivity index (χ1) is 7.13. The normalized spacial score (nSPS) is 18.7. The maximum atomic E-state index is 11.1. The van der Waals surface area contributed by atoms with Crippen LogP contribution in [0.2, 0.25) is 0 Å². The van der Waals surface area contributed by atoms with Gasteiger partial charge in [0, 0.05) is 13.1 Å². The van der Waals surface area contributed by atoms with Gasteiger partial charge in [-0.1, -0.05) is 12.8 Å². The predicted molar refractivity (Wildman–Crippen MR) is 57.1 cm³/mol. The monoisotopic (exact) mass is 213 g/mol. The van der Waals surface area contributed by atoms with Crippen molar-refractivity contribution in [3.8, 4) is 0 Å². The number of carbonyl (C=O) groups excluding carboxylic acids is 2. The Labute approximate surface area is 89.8 Å². The Bertz CT molecular complexity index is 237. The van der Waals surface area contributed by atoms with Gasteiger partial charge in [0.05, 0.1) is 12.5 Å². The minimum atomic E-state index is -0.534. The van der Waals surface area contributed by atoms with Crippen molar-refractivity contribution in [3.05, 3.63) is 0 Å². The van der Waals surface area contributed by atoms with E-state index in [1.54, 1.807) is 7.05 Å². The maximum Gasteiger partial charge on any atom is 0.235 e. The van der Waals surface area contributed by atoms with Crippen molar-refractivity contribution in [3.63, 3.8) is 0 Å². The lowest BCUT2D eigenvalue weighted by atomic mass is 10.1. The van der Waals surface area contributed by atoms with E-state index in [2.05, 4.69) is 10.6 Å². The molecule has 15 heavy (non-hydrogen) atoms. The molecular formula is C10H19N3O2. The van der Waals surface area contributed by atoms with Gasteiger partial charge < -0.3 is 16.4 Å². The molecule has 0 heterocycles. The van der Waals surface area contributed by atoms with Crippen LogP contribution in [0.15, 0.2) is 0 Å². The molecule has 0 aliphatic heterocycles. The lowest BCUT2D eigenvalue weighted by Gasteiger charge is -2.19. The third kappa shape index (κ3) is 3.87. The van der Waals surface area contributed by atoms with E-state index in [0.29, 0.717) is 6.04 Å². The van der Waals surface area contributed by atoms with Gasteiger partial charge in [-0.15, -0.1) is 0 Å². The molecule has 0 spiro atoms. The number of amides is 2. The van der Waals surface area contributed by atoms with Gasteiger partial charge in [-0.05, 0) is 12.8 Å². The maximum absolute atomic E-state index is 11.1.